The zero-order valence-electron chi connectivity index (χ0n) is 13.0. The minimum Gasteiger partial charge on any atom is -0.357 e. The summed E-state index contributed by atoms with van der Waals surface area (Å²) in [4.78, 5) is 2.89. The lowest BCUT2D eigenvalue weighted by Gasteiger charge is -2.18. The molecule has 5 nitrogen and oxygen atoms in total. The van der Waals surface area contributed by atoms with Crippen LogP contribution in [0.15, 0.2) is 35.2 Å². The van der Waals surface area contributed by atoms with Gasteiger partial charge in [0.2, 0.25) is 10.0 Å². The summed E-state index contributed by atoms with van der Waals surface area (Å²) in [5.74, 6) is -0.622. The summed E-state index contributed by atoms with van der Waals surface area (Å²) in [6, 6.07) is 9.26. The van der Waals surface area contributed by atoms with Crippen LogP contribution < -0.4 is 0 Å². The second kappa shape index (κ2) is 6.94. The third-order valence-electron chi connectivity index (χ3n) is 3.59. The summed E-state index contributed by atoms with van der Waals surface area (Å²) >= 11 is 0. The maximum atomic E-state index is 14.4. The highest BCUT2D eigenvalue weighted by molar-refractivity contribution is 7.89. The summed E-state index contributed by atoms with van der Waals surface area (Å²) in [7, 11) is -3.69. The second-order valence-corrected chi connectivity index (χ2v) is 6.90. The average molecular weight is 335 g/mol. The number of hydrogen-bond acceptors (Lipinski definition) is 3. The molecule has 1 aromatic heterocycles. The van der Waals surface area contributed by atoms with Crippen LogP contribution in [0.25, 0.3) is 11.3 Å². The molecule has 0 unspecified atom stereocenters. The van der Waals surface area contributed by atoms with Crippen molar-refractivity contribution in [2.75, 3.05) is 13.1 Å². The van der Waals surface area contributed by atoms with Gasteiger partial charge in [-0.3, -0.25) is 0 Å². The second-order valence-electron chi connectivity index (χ2n) is 4.96. The Balaban J connectivity index is 2.40. The number of aromatic nitrogens is 1. The third kappa shape index (κ3) is 3.44. The summed E-state index contributed by atoms with van der Waals surface area (Å²) in [5.41, 5.74) is 1.47. The van der Waals surface area contributed by atoms with Gasteiger partial charge in [-0.05, 0) is 30.3 Å². The van der Waals surface area contributed by atoms with Gasteiger partial charge in [0.15, 0.2) is 0 Å². The molecule has 0 spiro atoms. The van der Waals surface area contributed by atoms with E-state index in [-0.39, 0.29) is 16.9 Å². The molecule has 0 aliphatic rings. The highest BCUT2D eigenvalue weighted by Crippen LogP contribution is 2.26. The first-order valence-electron chi connectivity index (χ1n) is 7.29. The maximum absolute atomic E-state index is 14.4. The van der Waals surface area contributed by atoms with Gasteiger partial charge >= 0.3 is 0 Å². The lowest BCUT2D eigenvalue weighted by Crippen LogP contribution is -2.30. The smallest absolute Gasteiger partial charge is 0.243 e. The quantitative estimate of drug-likeness (QED) is 0.882. The van der Waals surface area contributed by atoms with E-state index >= 15 is 0 Å². The Morgan fingerprint density at radius 3 is 2.48 bits per heavy atom. The number of sulfonamides is 1. The van der Waals surface area contributed by atoms with Crippen molar-refractivity contribution >= 4 is 10.0 Å². The average Bonchev–Trinajstić information content (AvgIpc) is 2.97. The van der Waals surface area contributed by atoms with Crippen molar-refractivity contribution in [1.82, 2.24) is 9.29 Å². The van der Waals surface area contributed by atoms with Crippen molar-refractivity contribution < 1.29 is 12.8 Å². The molecule has 0 atom stereocenters. The van der Waals surface area contributed by atoms with Gasteiger partial charge in [-0.1, -0.05) is 13.8 Å². The molecule has 0 saturated carbocycles. The molecule has 1 N–H and O–H groups in total. The predicted octanol–water partition coefficient (Wildman–Crippen LogP) is 2.92. The van der Waals surface area contributed by atoms with Gasteiger partial charge in [0, 0.05) is 30.0 Å². The number of H-pyrrole nitrogens is 1. The molecular weight excluding hydrogens is 317 g/mol. The van der Waals surface area contributed by atoms with E-state index in [2.05, 4.69) is 4.98 Å². The van der Waals surface area contributed by atoms with Crippen molar-refractivity contribution in [2.45, 2.75) is 25.2 Å². The van der Waals surface area contributed by atoms with Crippen LogP contribution in [-0.4, -0.2) is 30.8 Å². The molecule has 1 aromatic carbocycles. The lowest BCUT2D eigenvalue weighted by molar-refractivity contribution is 0.444. The van der Waals surface area contributed by atoms with Crippen LogP contribution in [0.2, 0.25) is 0 Å². The lowest BCUT2D eigenvalue weighted by atomic mass is 10.1. The summed E-state index contributed by atoms with van der Waals surface area (Å²) in [5, 5.41) is 8.66. The Bertz CT molecular complexity index is 833. The van der Waals surface area contributed by atoms with Gasteiger partial charge in [0.05, 0.1) is 17.4 Å². The number of nitrogens with one attached hydrogen (secondary N) is 1. The molecule has 0 aliphatic carbocycles. The first-order chi connectivity index (χ1) is 10.9. The monoisotopic (exact) mass is 335 g/mol. The molecule has 0 bridgehead atoms. The summed E-state index contributed by atoms with van der Waals surface area (Å²) in [6.07, 6.45) is 0.204. The largest absolute Gasteiger partial charge is 0.357 e. The van der Waals surface area contributed by atoms with Crippen molar-refractivity contribution in [3.8, 4) is 17.3 Å². The molecule has 23 heavy (non-hydrogen) atoms. The Morgan fingerprint density at radius 2 is 1.91 bits per heavy atom. The Hall–Kier alpha value is -2.17. The zero-order valence-corrected chi connectivity index (χ0v) is 13.8. The predicted molar refractivity (Wildman–Crippen MR) is 85.6 cm³/mol. The molecule has 0 fully saturated rings. The van der Waals surface area contributed by atoms with E-state index < -0.39 is 15.8 Å². The Labute approximate surface area is 135 Å². The molecule has 122 valence electrons. The normalized spacial score (nSPS) is 11.6. The van der Waals surface area contributed by atoms with Gasteiger partial charge < -0.3 is 4.98 Å². The zero-order chi connectivity index (χ0) is 17.0. The Kier molecular flexibility index (Phi) is 5.19. The molecule has 2 aromatic rings. The van der Waals surface area contributed by atoms with Gasteiger partial charge in [-0.25, -0.2) is 12.8 Å². The van der Waals surface area contributed by atoms with Crippen LogP contribution >= 0.6 is 0 Å². The van der Waals surface area contributed by atoms with Crippen LogP contribution in [0.4, 0.5) is 4.39 Å². The van der Waals surface area contributed by atoms with Gasteiger partial charge in [-0.2, -0.15) is 9.57 Å². The number of halogens is 1. The minimum atomic E-state index is -3.69. The number of nitrogens with zero attached hydrogens (tertiary/aromatic N) is 2. The van der Waals surface area contributed by atoms with Crippen molar-refractivity contribution in [3.05, 3.63) is 41.8 Å². The van der Waals surface area contributed by atoms with Gasteiger partial charge in [0.25, 0.3) is 0 Å². The van der Waals surface area contributed by atoms with E-state index in [0.29, 0.717) is 24.5 Å². The first kappa shape index (κ1) is 17.2. The third-order valence-corrected chi connectivity index (χ3v) is 5.64. The van der Waals surface area contributed by atoms with E-state index in [1.807, 2.05) is 6.07 Å². The standard InChI is InChI=1S/C16H18FN3O2S/c1-3-20(4-2)23(21,22)13-6-7-14(15(17)11-13)16-8-5-12(19-16)9-10-18/h5-8,11,19H,3-4,9H2,1-2H3. The van der Waals surface area contributed by atoms with E-state index in [9.17, 15) is 12.8 Å². The topological polar surface area (TPSA) is 77.0 Å². The van der Waals surface area contributed by atoms with Gasteiger partial charge in [-0.15, -0.1) is 0 Å². The molecule has 0 saturated heterocycles. The highest BCUT2D eigenvalue weighted by atomic mass is 32.2. The first-order valence-corrected chi connectivity index (χ1v) is 8.73. The SMILES string of the molecule is CCN(CC)S(=O)(=O)c1ccc(-c2ccc(CC#N)[nH]2)c(F)c1. The van der Waals surface area contributed by atoms with E-state index in [4.69, 9.17) is 5.26 Å². The Morgan fingerprint density at radius 1 is 1.22 bits per heavy atom. The number of rotatable bonds is 6. The fraction of sp³-hybridized carbons (Fsp3) is 0.312. The van der Waals surface area contributed by atoms with E-state index in [1.54, 1.807) is 26.0 Å². The fourth-order valence-electron chi connectivity index (χ4n) is 2.37. The molecular formula is C16H18FN3O2S. The molecule has 2 rings (SSSR count). The minimum absolute atomic E-state index is 0.0637. The number of hydrogen-bond donors (Lipinski definition) is 1. The van der Waals surface area contributed by atoms with Crippen LogP contribution in [0, 0.1) is 17.1 Å². The van der Waals surface area contributed by atoms with Crippen LogP contribution in [-0.2, 0) is 16.4 Å². The molecule has 1 heterocycles. The molecule has 0 amide bonds. The number of benzene rings is 1. The molecule has 7 heteroatoms. The van der Waals surface area contributed by atoms with E-state index in [1.165, 1.54) is 16.4 Å². The van der Waals surface area contributed by atoms with E-state index in [0.717, 1.165) is 6.07 Å². The van der Waals surface area contributed by atoms with Crippen LogP contribution in [0.3, 0.4) is 0 Å². The van der Waals surface area contributed by atoms with Crippen LogP contribution in [0.1, 0.15) is 19.5 Å². The van der Waals surface area contributed by atoms with Crippen molar-refractivity contribution in [3.63, 3.8) is 0 Å². The molecule has 0 aliphatic heterocycles. The van der Waals surface area contributed by atoms with Crippen molar-refractivity contribution in [1.29, 1.82) is 5.26 Å². The highest BCUT2D eigenvalue weighted by Gasteiger charge is 2.23. The van der Waals surface area contributed by atoms with Gasteiger partial charge in [0.1, 0.15) is 5.82 Å². The number of aromatic amines is 1. The van der Waals surface area contributed by atoms with Crippen LogP contribution in [0.5, 0.6) is 0 Å². The van der Waals surface area contributed by atoms with Crippen molar-refractivity contribution in [2.24, 2.45) is 0 Å². The molecule has 0 radical (unpaired) electrons. The summed E-state index contributed by atoms with van der Waals surface area (Å²) in [6.45, 7) is 4.13. The maximum Gasteiger partial charge on any atom is 0.243 e. The fourth-order valence-corrected chi connectivity index (χ4v) is 3.84. The summed E-state index contributed by atoms with van der Waals surface area (Å²) < 4.78 is 40.4. The number of nitriles is 1.